The monoisotopic (exact) mass is 189 g/mol. The van der Waals surface area contributed by atoms with Crippen molar-refractivity contribution in [1.29, 1.82) is 5.26 Å². The van der Waals surface area contributed by atoms with Crippen LogP contribution in [0.4, 0.5) is 0 Å². The fourth-order valence-electron chi connectivity index (χ4n) is 1.13. The van der Waals surface area contributed by atoms with E-state index in [2.05, 4.69) is 13.0 Å². The Hall–Kier alpha value is -1.49. The van der Waals surface area contributed by atoms with Crippen LogP contribution in [0.3, 0.4) is 0 Å². The Labute approximate surface area is 85.1 Å². The third kappa shape index (κ3) is 3.49. The Morgan fingerprint density at radius 3 is 2.57 bits per heavy atom. The maximum absolute atomic E-state index is 8.48. The highest BCUT2D eigenvalue weighted by molar-refractivity contribution is 5.28. The number of nitriles is 1. The highest BCUT2D eigenvalue weighted by Gasteiger charge is 1.94. The van der Waals surface area contributed by atoms with Crippen molar-refractivity contribution in [3.05, 3.63) is 29.8 Å². The number of unbranched alkanes of at least 4 members (excludes halogenated alkanes) is 1. The maximum Gasteiger partial charge on any atom is 0.119 e. The summed E-state index contributed by atoms with van der Waals surface area (Å²) in [6, 6.07) is 9.82. The number of benzene rings is 1. The Morgan fingerprint density at radius 2 is 2.00 bits per heavy atom. The second-order valence-electron chi connectivity index (χ2n) is 3.18. The van der Waals surface area contributed by atoms with Gasteiger partial charge in [0.05, 0.1) is 19.1 Å². The van der Waals surface area contributed by atoms with Gasteiger partial charge in [-0.3, -0.25) is 0 Å². The molecule has 0 aliphatic carbocycles. The average molecular weight is 189 g/mol. The quantitative estimate of drug-likeness (QED) is 0.667. The van der Waals surface area contributed by atoms with E-state index in [-0.39, 0.29) is 0 Å². The minimum atomic E-state index is 0.468. The van der Waals surface area contributed by atoms with Crippen LogP contribution in [-0.4, -0.2) is 6.61 Å². The largest absolute Gasteiger partial charge is 0.494 e. The van der Waals surface area contributed by atoms with Crippen LogP contribution < -0.4 is 4.74 Å². The van der Waals surface area contributed by atoms with E-state index < -0.39 is 0 Å². The van der Waals surface area contributed by atoms with Gasteiger partial charge in [0, 0.05) is 0 Å². The molecule has 0 aliphatic rings. The maximum atomic E-state index is 8.48. The summed E-state index contributed by atoms with van der Waals surface area (Å²) in [5.41, 5.74) is 1.04. The van der Waals surface area contributed by atoms with E-state index in [4.69, 9.17) is 10.00 Å². The predicted octanol–water partition coefficient (Wildman–Crippen LogP) is 2.93. The summed E-state index contributed by atoms with van der Waals surface area (Å²) >= 11 is 0. The summed E-state index contributed by atoms with van der Waals surface area (Å²) in [5.74, 6) is 0.889. The zero-order valence-corrected chi connectivity index (χ0v) is 8.49. The highest BCUT2D eigenvalue weighted by Crippen LogP contribution is 2.12. The van der Waals surface area contributed by atoms with E-state index in [1.54, 1.807) is 0 Å². The van der Waals surface area contributed by atoms with Crippen molar-refractivity contribution >= 4 is 0 Å². The summed E-state index contributed by atoms with van der Waals surface area (Å²) < 4.78 is 5.50. The van der Waals surface area contributed by atoms with Gasteiger partial charge >= 0.3 is 0 Å². The standard InChI is InChI=1S/C12H15NO/c1-2-3-10-14-12-6-4-11(5-7-12)8-9-13/h4-7H,2-3,8,10H2,1H3. The molecule has 0 unspecified atom stereocenters. The second kappa shape index (κ2) is 6.04. The van der Waals surface area contributed by atoms with E-state index in [0.29, 0.717) is 6.42 Å². The Kier molecular flexibility index (Phi) is 4.57. The van der Waals surface area contributed by atoms with Crippen molar-refractivity contribution in [2.45, 2.75) is 26.2 Å². The van der Waals surface area contributed by atoms with Crippen LogP contribution >= 0.6 is 0 Å². The lowest BCUT2D eigenvalue weighted by atomic mass is 10.2. The molecular weight excluding hydrogens is 174 g/mol. The van der Waals surface area contributed by atoms with Crippen LogP contribution in [0.25, 0.3) is 0 Å². The zero-order chi connectivity index (χ0) is 10.2. The van der Waals surface area contributed by atoms with Crippen molar-refractivity contribution in [2.75, 3.05) is 6.61 Å². The van der Waals surface area contributed by atoms with Gasteiger partial charge in [0.15, 0.2) is 0 Å². The molecule has 0 N–H and O–H groups in total. The van der Waals surface area contributed by atoms with Crippen LogP contribution in [0, 0.1) is 11.3 Å². The Bertz CT molecular complexity index is 297. The van der Waals surface area contributed by atoms with Crippen molar-refractivity contribution in [3.8, 4) is 11.8 Å². The van der Waals surface area contributed by atoms with Crippen LogP contribution in [0.15, 0.2) is 24.3 Å². The van der Waals surface area contributed by atoms with Gasteiger partial charge in [-0.05, 0) is 24.1 Å². The summed E-state index contributed by atoms with van der Waals surface area (Å²) in [6.07, 6.45) is 2.70. The van der Waals surface area contributed by atoms with Crippen LogP contribution in [-0.2, 0) is 6.42 Å². The van der Waals surface area contributed by atoms with Gasteiger partial charge in [0.25, 0.3) is 0 Å². The fraction of sp³-hybridized carbons (Fsp3) is 0.417. The number of hydrogen-bond donors (Lipinski definition) is 0. The van der Waals surface area contributed by atoms with Gasteiger partial charge in [-0.1, -0.05) is 25.5 Å². The predicted molar refractivity (Wildman–Crippen MR) is 56.2 cm³/mol. The first kappa shape index (κ1) is 10.6. The van der Waals surface area contributed by atoms with E-state index >= 15 is 0 Å². The van der Waals surface area contributed by atoms with Gasteiger partial charge in [-0.25, -0.2) is 0 Å². The third-order valence-electron chi connectivity index (χ3n) is 1.97. The lowest BCUT2D eigenvalue weighted by molar-refractivity contribution is 0.309. The van der Waals surface area contributed by atoms with Gasteiger partial charge in [-0.15, -0.1) is 0 Å². The molecular formula is C12H15NO. The molecule has 0 fully saturated rings. The average Bonchev–Trinajstić information content (AvgIpc) is 2.21. The minimum Gasteiger partial charge on any atom is -0.494 e. The smallest absolute Gasteiger partial charge is 0.119 e. The summed E-state index contributed by atoms with van der Waals surface area (Å²) in [5, 5.41) is 8.48. The SMILES string of the molecule is CCCCOc1ccc(CC#N)cc1. The molecule has 2 heteroatoms. The molecule has 1 aromatic rings. The van der Waals surface area contributed by atoms with Gasteiger partial charge in [-0.2, -0.15) is 5.26 Å². The molecule has 0 aliphatic heterocycles. The molecule has 0 spiro atoms. The molecule has 0 bridgehead atoms. The summed E-state index contributed by atoms with van der Waals surface area (Å²) in [7, 11) is 0. The first-order valence-electron chi connectivity index (χ1n) is 4.95. The van der Waals surface area contributed by atoms with Crippen molar-refractivity contribution in [1.82, 2.24) is 0 Å². The van der Waals surface area contributed by atoms with Crippen molar-refractivity contribution in [3.63, 3.8) is 0 Å². The van der Waals surface area contributed by atoms with Gasteiger partial charge in [0.1, 0.15) is 5.75 Å². The third-order valence-corrected chi connectivity index (χ3v) is 1.97. The number of ether oxygens (including phenoxy) is 1. The topological polar surface area (TPSA) is 33.0 Å². The molecule has 0 saturated carbocycles. The van der Waals surface area contributed by atoms with Gasteiger partial charge in [0.2, 0.25) is 0 Å². The molecule has 0 radical (unpaired) electrons. The van der Waals surface area contributed by atoms with E-state index in [0.717, 1.165) is 30.8 Å². The lowest BCUT2D eigenvalue weighted by Gasteiger charge is -2.04. The Balaban J connectivity index is 2.43. The number of hydrogen-bond acceptors (Lipinski definition) is 2. The van der Waals surface area contributed by atoms with E-state index in [9.17, 15) is 0 Å². The molecule has 1 aromatic carbocycles. The molecule has 2 nitrogen and oxygen atoms in total. The van der Waals surface area contributed by atoms with Crippen LogP contribution in [0.1, 0.15) is 25.3 Å². The van der Waals surface area contributed by atoms with Gasteiger partial charge < -0.3 is 4.74 Å². The van der Waals surface area contributed by atoms with E-state index in [1.165, 1.54) is 0 Å². The molecule has 1 rings (SSSR count). The number of nitrogens with zero attached hydrogens (tertiary/aromatic N) is 1. The van der Waals surface area contributed by atoms with E-state index in [1.807, 2.05) is 24.3 Å². The highest BCUT2D eigenvalue weighted by atomic mass is 16.5. The molecule has 0 aromatic heterocycles. The van der Waals surface area contributed by atoms with Crippen LogP contribution in [0.5, 0.6) is 5.75 Å². The molecule has 74 valence electrons. The van der Waals surface area contributed by atoms with Crippen molar-refractivity contribution in [2.24, 2.45) is 0 Å². The molecule has 0 amide bonds. The first-order valence-corrected chi connectivity index (χ1v) is 4.95. The lowest BCUT2D eigenvalue weighted by Crippen LogP contribution is -1.96. The summed E-state index contributed by atoms with van der Waals surface area (Å²) in [4.78, 5) is 0. The Morgan fingerprint density at radius 1 is 1.29 bits per heavy atom. The molecule has 0 saturated heterocycles. The second-order valence-corrected chi connectivity index (χ2v) is 3.18. The molecule has 0 atom stereocenters. The molecule has 14 heavy (non-hydrogen) atoms. The fourth-order valence-corrected chi connectivity index (χ4v) is 1.13. The normalized spacial score (nSPS) is 9.43. The first-order chi connectivity index (χ1) is 6.86. The molecule has 0 heterocycles. The number of rotatable bonds is 5. The summed E-state index contributed by atoms with van der Waals surface area (Å²) in [6.45, 7) is 2.91. The van der Waals surface area contributed by atoms with Crippen molar-refractivity contribution < 1.29 is 4.74 Å². The van der Waals surface area contributed by atoms with Crippen LogP contribution in [0.2, 0.25) is 0 Å². The minimum absolute atomic E-state index is 0.468. The zero-order valence-electron chi connectivity index (χ0n) is 8.49.